The summed E-state index contributed by atoms with van der Waals surface area (Å²) in [6.07, 6.45) is 3.67. The molecule has 23 heavy (non-hydrogen) atoms. The van der Waals surface area contributed by atoms with E-state index in [-0.39, 0.29) is 0 Å². The number of rotatable bonds is 4. The molecule has 0 saturated heterocycles. The van der Waals surface area contributed by atoms with Gasteiger partial charge in [-0.25, -0.2) is 15.0 Å². The first-order valence-corrected chi connectivity index (χ1v) is 10.7. The van der Waals surface area contributed by atoms with Crippen LogP contribution < -0.4 is 0 Å². The summed E-state index contributed by atoms with van der Waals surface area (Å²) in [6.45, 7) is 6.39. The molecule has 1 aliphatic carbocycles. The van der Waals surface area contributed by atoms with Gasteiger partial charge < -0.3 is 0 Å². The van der Waals surface area contributed by atoms with Crippen LogP contribution in [0.15, 0.2) is 10.4 Å². The van der Waals surface area contributed by atoms with Gasteiger partial charge in [0.25, 0.3) is 0 Å². The molecule has 0 N–H and O–H groups in total. The second kappa shape index (κ2) is 6.15. The van der Waals surface area contributed by atoms with Crippen LogP contribution in [0, 0.1) is 6.92 Å². The molecule has 0 bridgehead atoms. The maximum Gasteiger partial charge on any atom is 0.128 e. The third kappa shape index (κ3) is 2.92. The Bertz CT molecular complexity index is 863. The van der Waals surface area contributed by atoms with Crippen molar-refractivity contribution in [3.63, 3.8) is 0 Å². The van der Waals surface area contributed by atoms with Crippen LogP contribution in [0.5, 0.6) is 0 Å². The Morgan fingerprint density at radius 2 is 2.09 bits per heavy atom. The van der Waals surface area contributed by atoms with E-state index < -0.39 is 0 Å². The van der Waals surface area contributed by atoms with Gasteiger partial charge >= 0.3 is 0 Å². The van der Waals surface area contributed by atoms with E-state index in [0.717, 1.165) is 16.6 Å². The first-order valence-electron chi connectivity index (χ1n) is 7.98. The number of thiophene rings is 1. The van der Waals surface area contributed by atoms with Crippen molar-refractivity contribution >= 4 is 44.7 Å². The van der Waals surface area contributed by atoms with E-state index in [4.69, 9.17) is 9.97 Å². The Morgan fingerprint density at radius 1 is 1.22 bits per heavy atom. The lowest BCUT2D eigenvalue weighted by molar-refractivity contribution is 0.846. The van der Waals surface area contributed by atoms with Gasteiger partial charge in [-0.3, -0.25) is 0 Å². The average molecular weight is 362 g/mol. The molecule has 0 aromatic carbocycles. The highest BCUT2D eigenvalue weighted by Gasteiger charge is 2.22. The van der Waals surface area contributed by atoms with Gasteiger partial charge in [-0.15, -0.1) is 22.7 Å². The predicted octanol–water partition coefficient (Wildman–Crippen LogP) is 5.36. The van der Waals surface area contributed by atoms with Gasteiger partial charge in [0.15, 0.2) is 0 Å². The van der Waals surface area contributed by atoms with Gasteiger partial charge in [-0.2, -0.15) is 0 Å². The lowest BCUT2D eigenvalue weighted by atomic mass is 10.2. The summed E-state index contributed by atoms with van der Waals surface area (Å²) in [4.78, 5) is 16.8. The van der Waals surface area contributed by atoms with E-state index in [2.05, 4.69) is 24.2 Å². The molecule has 0 saturated carbocycles. The first kappa shape index (κ1) is 15.5. The van der Waals surface area contributed by atoms with Crippen LogP contribution in [0.2, 0.25) is 0 Å². The molecular formula is C17H19N3S3. The molecule has 0 spiro atoms. The first-order chi connectivity index (χ1) is 11.1. The van der Waals surface area contributed by atoms with Crippen molar-refractivity contribution in [2.45, 2.75) is 56.7 Å². The van der Waals surface area contributed by atoms with Crippen LogP contribution in [0.1, 0.15) is 53.2 Å². The zero-order chi connectivity index (χ0) is 16.0. The summed E-state index contributed by atoms with van der Waals surface area (Å²) in [5.74, 6) is 2.27. The van der Waals surface area contributed by atoms with Gasteiger partial charge in [-0.05, 0) is 31.7 Å². The van der Waals surface area contributed by atoms with Crippen molar-refractivity contribution in [3.8, 4) is 0 Å². The lowest BCUT2D eigenvalue weighted by Crippen LogP contribution is -1.93. The number of aromatic nitrogens is 3. The largest absolute Gasteiger partial charge is 0.245 e. The number of thioether (sulfide) groups is 1. The molecule has 0 radical (unpaired) electrons. The van der Waals surface area contributed by atoms with E-state index in [1.807, 2.05) is 30.0 Å². The van der Waals surface area contributed by atoms with Crippen LogP contribution >= 0.6 is 34.4 Å². The number of hydrogen-bond donors (Lipinski definition) is 0. The SMILES string of the molecule is Cc1nc(SCc2csc(C(C)C)n2)c2c3c(sc2n1)CCC3. The number of fused-ring (bicyclic) bond motifs is 3. The summed E-state index contributed by atoms with van der Waals surface area (Å²) >= 11 is 5.45. The standard InChI is InChI=1S/C17H19N3S3/c1-9(2)15-20-11(7-21-15)8-22-16-14-12-5-4-6-13(12)23-17(14)19-10(3)18-16/h7,9H,4-6,8H2,1-3H3. The lowest BCUT2D eigenvalue weighted by Gasteiger charge is -2.04. The van der Waals surface area contributed by atoms with Gasteiger partial charge in [-0.1, -0.05) is 25.6 Å². The van der Waals surface area contributed by atoms with Crippen molar-refractivity contribution in [1.29, 1.82) is 0 Å². The van der Waals surface area contributed by atoms with E-state index in [9.17, 15) is 0 Å². The summed E-state index contributed by atoms with van der Waals surface area (Å²) in [6, 6.07) is 0. The minimum atomic E-state index is 0.506. The second-order valence-electron chi connectivity index (χ2n) is 6.23. The molecule has 3 aromatic heterocycles. The maximum atomic E-state index is 4.74. The molecule has 1 aliphatic rings. The fourth-order valence-electron chi connectivity index (χ4n) is 2.96. The molecule has 0 unspecified atom stereocenters. The zero-order valence-electron chi connectivity index (χ0n) is 13.5. The summed E-state index contributed by atoms with van der Waals surface area (Å²) in [5.41, 5.74) is 2.67. The summed E-state index contributed by atoms with van der Waals surface area (Å²) in [5, 5.41) is 5.87. The van der Waals surface area contributed by atoms with Crippen molar-refractivity contribution in [3.05, 3.63) is 32.3 Å². The molecule has 4 rings (SSSR count). The monoisotopic (exact) mass is 361 g/mol. The summed E-state index contributed by atoms with van der Waals surface area (Å²) in [7, 11) is 0. The van der Waals surface area contributed by atoms with E-state index in [1.165, 1.54) is 50.6 Å². The maximum absolute atomic E-state index is 4.74. The number of nitrogens with zero attached hydrogens (tertiary/aromatic N) is 3. The van der Waals surface area contributed by atoms with Gasteiger partial charge in [0.05, 0.1) is 10.7 Å². The van der Waals surface area contributed by atoms with Crippen LogP contribution in [0.3, 0.4) is 0 Å². The highest BCUT2D eigenvalue weighted by atomic mass is 32.2. The average Bonchev–Trinajstić information content (AvgIpc) is 3.19. The molecular weight excluding hydrogens is 342 g/mol. The highest BCUT2D eigenvalue weighted by molar-refractivity contribution is 7.98. The Labute approximate surface area is 148 Å². The normalized spacial score (nSPS) is 14.1. The van der Waals surface area contributed by atoms with Gasteiger partial charge in [0, 0.05) is 27.3 Å². The fourth-order valence-corrected chi connectivity index (χ4v) is 6.27. The predicted molar refractivity (Wildman–Crippen MR) is 99.9 cm³/mol. The van der Waals surface area contributed by atoms with Gasteiger partial charge in [0.2, 0.25) is 0 Å². The van der Waals surface area contributed by atoms with Crippen molar-refractivity contribution < 1.29 is 0 Å². The Morgan fingerprint density at radius 3 is 2.87 bits per heavy atom. The molecule has 3 aromatic rings. The number of thiazole rings is 1. The van der Waals surface area contributed by atoms with Crippen LogP contribution in [-0.4, -0.2) is 15.0 Å². The molecule has 6 heteroatoms. The Kier molecular flexibility index (Phi) is 4.15. The molecule has 0 fully saturated rings. The van der Waals surface area contributed by atoms with Crippen LogP contribution in [0.25, 0.3) is 10.2 Å². The van der Waals surface area contributed by atoms with Gasteiger partial charge in [0.1, 0.15) is 15.7 Å². The molecule has 0 atom stereocenters. The minimum absolute atomic E-state index is 0.506. The Balaban J connectivity index is 1.65. The third-order valence-electron chi connectivity index (χ3n) is 4.06. The second-order valence-corrected chi connectivity index (χ2v) is 9.17. The summed E-state index contributed by atoms with van der Waals surface area (Å²) < 4.78 is 0. The molecule has 0 amide bonds. The van der Waals surface area contributed by atoms with E-state index in [1.54, 1.807) is 11.3 Å². The van der Waals surface area contributed by atoms with Crippen LogP contribution in [-0.2, 0) is 18.6 Å². The molecule has 120 valence electrons. The number of aryl methyl sites for hydroxylation is 3. The van der Waals surface area contributed by atoms with Crippen molar-refractivity contribution in [2.24, 2.45) is 0 Å². The topological polar surface area (TPSA) is 38.7 Å². The molecule has 3 nitrogen and oxygen atoms in total. The van der Waals surface area contributed by atoms with Crippen LogP contribution in [0.4, 0.5) is 0 Å². The minimum Gasteiger partial charge on any atom is -0.245 e. The van der Waals surface area contributed by atoms with E-state index in [0.29, 0.717) is 5.92 Å². The number of hydrogen-bond acceptors (Lipinski definition) is 6. The quantitative estimate of drug-likeness (QED) is 0.463. The Hall–Kier alpha value is -0.980. The molecule has 3 heterocycles. The molecule has 0 aliphatic heterocycles. The smallest absolute Gasteiger partial charge is 0.128 e. The fraction of sp³-hybridized carbons (Fsp3) is 0.471. The third-order valence-corrected chi connectivity index (χ3v) is 7.45. The van der Waals surface area contributed by atoms with Crippen molar-refractivity contribution in [2.75, 3.05) is 0 Å². The highest BCUT2D eigenvalue weighted by Crippen LogP contribution is 2.41. The van der Waals surface area contributed by atoms with Crippen molar-refractivity contribution in [1.82, 2.24) is 15.0 Å². The zero-order valence-corrected chi connectivity index (χ0v) is 16.0. The van der Waals surface area contributed by atoms with E-state index >= 15 is 0 Å².